The van der Waals surface area contributed by atoms with Crippen LogP contribution in [0.25, 0.3) is 0 Å². The maximum Gasteiger partial charge on any atom is 0.311 e. The third kappa shape index (κ3) is 3.71. The molecule has 1 N–H and O–H groups in total. The molecule has 6 nitrogen and oxygen atoms in total. The molecule has 0 aliphatic heterocycles. The van der Waals surface area contributed by atoms with Crippen molar-refractivity contribution in [1.29, 1.82) is 0 Å². The van der Waals surface area contributed by atoms with E-state index in [0.717, 1.165) is 5.56 Å². The summed E-state index contributed by atoms with van der Waals surface area (Å²) < 4.78 is 5.28. The largest absolute Gasteiger partial charge is 0.496 e. The van der Waals surface area contributed by atoms with Gasteiger partial charge in [-0.2, -0.15) is 0 Å². The van der Waals surface area contributed by atoms with Crippen LogP contribution in [-0.2, 0) is 11.2 Å². The lowest BCUT2D eigenvalue weighted by atomic mass is 9.90. The molecule has 0 fully saturated rings. The van der Waals surface area contributed by atoms with E-state index in [-0.39, 0.29) is 12.1 Å². The molecular formula is C18H19NO5. The minimum atomic E-state index is -0.998. The molecule has 0 saturated heterocycles. The second kappa shape index (κ2) is 7.12. The number of nitro benzene ring substituents is 1. The smallest absolute Gasteiger partial charge is 0.311 e. The van der Waals surface area contributed by atoms with Crippen LogP contribution in [0.5, 0.6) is 5.75 Å². The van der Waals surface area contributed by atoms with Gasteiger partial charge in [-0.15, -0.1) is 0 Å². The fourth-order valence-corrected chi connectivity index (χ4v) is 2.67. The van der Waals surface area contributed by atoms with Gasteiger partial charge >= 0.3 is 5.97 Å². The van der Waals surface area contributed by atoms with Crippen molar-refractivity contribution in [2.75, 3.05) is 7.11 Å². The lowest BCUT2D eigenvalue weighted by molar-refractivity contribution is -0.385. The molecule has 0 bridgehead atoms. The predicted molar refractivity (Wildman–Crippen MR) is 89.6 cm³/mol. The molecule has 0 aromatic heterocycles. The Hall–Kier alpha value is -2.89. The minimum absolute atomic E-state index is 0.00662. The van der Waals surface area contributed by atoms with E-state index in [2.05, 4.69) is 0 Å². The van der Waals surface area contributed by atoms with Crippen molar-refractivity contribution in [2.45, 2.75) is 26.2 Å². The van der Waals surface area contributed by atoms with Crippen molar-refractivity contribution in [3.05, 3.63) is 68.8 Å². The molecular weight excluding hydrogens is 310 g/mol. The molecule has 0 aliphatic rings. The van der Waals surface area contributed by atoms with Gasteiger partial charge in [0.15, 0.2) is 0 Å². The summed E-state index contributed by atoms with van der Waals surface area (Å²) in [4.78, 5) is 22.4. The van der Waals surface area contributed by atoms with Crippen LogP contribution in [0.3, 0.4) is 0 Å². The number of rotatable bonds is 6. The predicted octanol–water partition coefficient (Wildman–Crippen LogP) is 3.63. The number of hydrogen-bond acceptors (Lipinski definition) is 4. The van der Waals surface area contributed by atoms with Crippen molar-refractivity contribution in [1.82, 2.24) is 0 Å². The first kappa shape index (κ1) is 17.5. The number of aryl methyl sites for hydroxylation is 2. The van der Waals surface area contributed by atoms with Gasteiger partial charge in [-0.1, -0.05) is 29.8 Å². The van der Waals surface area contributed by atoms with Crippen molar-refractivity contribution in [2.24, 2.45) is 0 Å². The van der Waals surface area contributed by atoms with Crippen LogP contribution in [0.15, 0.2) is 36.4 Å². The van der Waals surface area contributed by atoms with Crippen LogP contribution in [-0.4, -0.2) is 23.1 Å². The Labute approximate surface area is 139 Å². The molecule has 6 heteroatoms. The zero-order valence-electron chi connectivity index (χ0n) is 13.8. The molecule has 0 spiro atoms. The van der Waals surface area contributed by atoms with Gasteiger partial charge in [0, 0.05) is 17.2 Å². The van der Waals surface area contributed by atoms with Crippen molar-refractivity contribution >= 4 is 11.7 Å². The van der Waals surface area contributed by atoms with Gasteiger partial charge in [0.05, 0.1) is 18.0 Å². The number of hydrogen-bond donors (Lipinski definition) is 1. The van der Waals surface area contributed by atoms with Crippen LogP contribution in [0.1, 0.15) is 28.2 Å². The molecule has 0 heterocycles. The van der Waals surface area contributed by atoms with Gasteiger partial charge in [-0.3, -0.25) is 14.9 Å². The molecule has 1 atom stereocenters. The molecule has 0 amide bonds. The highest BCUT2D eigenvalue weighted by atomic mass is 16.6. The Balaban J connectivity index is 2.44. The van der Waals surface area contributed by atoms with Crippen LogP contribution in [0, 0.1) is 24.0 Å². The summed E-state index contributed by atoms with van der Waals surface area (Å²) in [5.41, 5.74) is 2.63. The highest BCUT2D eigenvalue weighted by Gasteiger charge is 2.25. The number of aliphatic carboxylic acids is 1. The van der Waals surface area contributed by atoms with E-state index in [1.165, 1.54) is 13.2 Å². The SMILES string of the molecule is COc1ccc(C)cc1C(Cc1ccc(C)c([N+](=O)[O-])c1)C(=O)O. The maximum absolute atomic E-state index is 11.8. The molecule has 0 saturated carbocycles. The molecule has 0 radical (unpaired) electrons. The molecule has 2 rings (SSSR count). The fourth-order valence-electron chi connectivity index (χ4n) is 2.67. The van der Waals surface area contributed by atoms with Crippen molar-refractivity contribution in [3.8, 4) is 5.75 Å². The Morgan fingerprint density at radius 3 is 2.54 bits per heavy atom. The molecule has 24 heavy (non-hydrogen) atoms. The summed E-state index contributed by atoms with van der Waals surface area (Å²) in [5, 5.41) is 20.7. The first-order valence-corrected chi connectivity index (χ1v) is 7.44. The van der Waals surface area contributed by atoms with E-state index in [0.29, 0.717) is 22.4 Å². The van der Waals surface area contributed by atoms with E-state index in [4.69, 9.17) is 4.74 Å². The molecule has 2 aromatic rings. The van der Waals surface area contributed by atoms with E-state index >= 15 is 0 Å². The zero-order valence-corrected chi connectivity index (χ0v) is 13.8. The van der Waals surface area contributed by atoms with Gasteiger partial charge in [-0.25, -0.2) is 0 Å². The molecule has 0 aliphatic carbocycles. The van der Waals surface area contributed by atoms with E-state index in [1.807, 2.05) is 13.0 Å². The first-order valence-electron chi connectivity index (χ1n) is 7.44. The number of nitro groups is 1. The fraction of sp³-hybridized carbons (Fsp3) is 0.278. The topological polar surface area (TPSA) is 89.7 Å². The van der Waals surface area contributed by atoms with Gasteiger partial charge < -0.3 is 9.84 Å². The summed E-state index contributed by atoms with van der Waals surface area (Å²) in [5.74, 6) is -1.35. The normalized spacial score (nSPS) is 11.8. The number of ether oxygens (including phenoxy) is 1. The monoisotopic (exact) mass is 329 g/mol. The number of carbonyl (C=O) groups is 1. The third-order valence-corrected chi connectivity index (χ3v) is 3.97. The highest BCUT2D eigenvalue weighted by Crippen LogP contribution is 2.32. The van der Waals surface area contributed by atoms with Gasteiger partial charge in [0.2, 0.25) is 0 Å². The number of carboxylic acids is 1. The lowest BCUT2D eigenvalue weighted by Gasteiger charge is -2.17. The lowest BCUT2D eigenvalue weighted by Crippen LogP contribution is -2.16. The number of benzene rings is 2. The van der Waals surface area contributed by atoms with Gasteiger partial charge in [0.25, 0.3) is 5.69 Å². The van der Waals surface area contributed by atoms with Gasteiger partial charge in [-0.05, 0) is 31.9 Å². The summed E-state index contributed by atoms with van der Waals surface area (Å²) >= 11 is 0. The molecule has 126 valence electrons. The second-order valence-corrected chi connectivity index (χ2v) is 5.72. The second-order valence-electron chi connectivity index (χ2n) is 5.72. The standard InChI is InChI=1S/C18H19NO5/c1-11-4-7-17(24-3)14(8-11)15(18(20)21)9-13-6-5-12(2)16(10-13)19(22)23/h4-8,10,15H,9H2,1-3H3,(H,20,21). The Morgan fingerprint density at radius 2 is 1.96 bits per heavy atom. The van der Waals surface area contributed by atoms with E-state index in [9.17, 15) is 20.0 Å². The van der Waals surface area contributed by atoms with Gasteiger partial charge in [0.1, 0.15) is 5.75 Å². The van der Waals surface area contributed by atoms with E-state index in [1.54, 1.807) is 31.2 Å². The maximum atomic E-state index is 11.8. The number of nitrogens with zero attached hydrogens (tertiary/aromatic N) is 1. The van der Waals surface area contributed by atoms with E-state index < -0.39 is 16.8 Å². The number of carboxylic acid groups (broad SMARTS) is 1. The first-order chi connectivity index (χ1) is 11.3. The summed E-state index contributed by atoms with van der Waals surface area (Å²) in [7, 11) is 1.49. The zero-order chi connectivity index (χ0) is 17.9. The third-order valence-electron chi connectivity index (χ3n) is 3.97. The van der Waals surface area contributed by atoms with Crippen LogP contribution >= 0.6 is 0 Å². The van der Waals surface area contributed by atoms with Crippen LogP contribution in [0.4, 0.5) is 5.69 Å². The summed E-state index contributed by atoms with van der Waals surface area (Å²) in [6, 6.07) is 10.2. The molecule has 2 aromatic carbocycles. The van der Waals surface area contributed by atoms with Crippen LogP contribution in [0.2, 0.25) is 0 Å². The molecule has 1 unspecified atom stereocenters. The minimum Gasteiger partial charge on any atom is -0.496 e. The Kier molecular flexibility index (Phi) is 5.18. The highest BCUT2D eigenvalue weighted by molar-refractivity contribution is 5.78. The Bertz CT molecular complexity index is 785. The number of methoxy groups -OCH3 is 1. The summed E-state index contributed by atoms with van der Waals surface area (Å²) in [6.07, 6.45) is 0.149. The van der Waals surface area contributed by atoms with Crippen molar-refractivity contribution in [3.63, 3.8) is 0 Å². The van der Waals surface area contributed by atoms with Crippen molar-refractivity contribution < 1.29 is 19.6 Å². The Morgan fingerprint density at radius 1 is 1.25 bits per heavy atom. The summed E-state index contributed by atoms with van der Waals surface area (Å²) in [6.45, 7) is 3.53. The quantitative estimate of drug-likeness (QED) is 0.645. The van der Waals surface area contributed by atoms with Crippen LogP contribution < -0.4 is 4.74 Å². The average Bonchev–Trinajstić information content (AvgIpc) is 2.53. The average molecular weight is 329 g/mol.